The fourth-order valence-electron chi connectivity index (χ4n) is 3.36. The Morgan fingerprint density at radius 3 is 2.81 bits per heavy atom. The maximum Gasteiger partial charge on any atom is 0.248 e. The van der Waals surface area contributed by atoms with Crippen molar-refractivity contribution in [1.29, 1.82) is 0 Å². The van der Waals surface area contributed by atoms with Crippen LogP contribution in [0.3, 0.4) is 0 Å². The topological polar surface area (TPSA) is 62.3 Å². The Labute approximate surface area is 124 Å². The molecule has 0 aromatic carbocycles. The van der Waals surface area contributed by atoms with Crippen molar-refractivity contribution in [2.75, 3.05) is 13.1 Å². The minimum atomic E-state index is -0.622. The highest BCUT2D eigenvalue weighted by Gasteiger charge is 2.46. The summed E-state index contributed by atoms with van der Waals surface area (Å²) in [5.41, 5.74) is 0.497. The molecule has 0 radical (unpaired) electrons. The second kappa shape index (κ2) is 5.84. The number of hydrogen-bond donors (Lipinski definition) is 1. The number of nitrogens with zero attached hydrogens (tertiary/aromatic N) is 2. The summed E-state index contributed by atoms with van der Waals surface area (Å²) in [7, 11) is 0. The van der Waals surface area contributed by atoms with E-state index >= 15 is 0 Å². The van der Waals surface area contributed by atoms with Crippen molar-refractivity contribution in [3.8, 4) is 0 Å². The van der Waals surface area contributed by atoms with Crippen LogP contribution in [0, 0.1) is 0 Å². The fourth-order valence-corrected chi connectivity index (χ4v) is 3.36. The number of amides is 2. The van der Waals surface area contributed by atoms with Crippen LogP contribution in [0.15, 0.2) is 24.5 Å². The molecule has 1 N–H and O–H groups in total. The van der Waals surface area contributed by atoms with Crippen molar-refractivity contribution in [1.82, 2.24) is 15.2 Å². The van der Waals surface area contributed by atoms with Gasteiger partial charge in [-0.15, -0.1) is 0 Å². The predicted octanol–water partition coefficient (Wildman–Crippen LogP) is 1.29. The number of carbonyl (C=O) groups is 2. The van der Waals surface area contributed by atoms with Crippen molar-refractivity contribution in [3.05, 3.63) is 30.1 Å². The zero-order valence-electron chi connectivity index (χ0n) is 12.2. The molecule has 1 aliphatic carbocycles. The molecule has 1 spiro atoms. The highest BCUT2D eigenvalue weighted by atomic mass is 16.2. The monoisotopic (exact) mass is 287 g/mol. The zero-order chi connectivity index (χ0) is 14.7. The first kappa shape index (κ1) is 14.0. The number of aromatic nitrogens is 1. The van der Waals surface area contributed by atoms with Crippen LogP contribution in [0.5, 0.6) is 0 Å². The molecule has 21 heavy (non-hydrogen) atoms. The number of rotatable bonds is 3. The van der Waals surface area contributed by atoms with E-state index in [4.69, 9.17) is 0 Å². The van der Waals surface area contributed by atoms with Gasteiger partial charge in [0, 0.05) is 31.9 Å². The Bertz CT molecular complexity index is 524. The summed E-state index contributed by atoms with van der Waals surface area (Å²) < 4.78 is 0. The van der Waals surface area contributed by atoms with Gasteiger partial charge in [-0.3, -0.25) is 14.6 Å². The lowest BCUT2D eigenvalue weighted by Gasteiger charge is -2.31. The second-order valence-electron chi connectivity index (χ2n) is 5.99. The Kier molecular flexibility index (Phi) is 3.90. The van der Waals surface area contributed by atoms with Crippen molar-refractivity contribution < 1.29 is 9.59 Å². The summed E-state index contributed by atoms with van der Waals surface area (Å²) in [4.78, 5) is 30.7. The average Bonchev–Trinajstić information content (AvgIpc) is 2.93. The van der Waals surface area contributed by atoms with Crippen molar-refractivity contribution in [2.24, 2.45) is 0 Å². The minimum Gasteiger partial charge on any atom is -0.342 e. The fraction of sp³-hybridized carbons (Fsp3) is 0.562. The predicted molar refractivity (Wildman–Crippen MR) is 78.5 cm³/mol. The summed E-state index contributed by atoms with van der Waals surface area (Å²) >= 11 is 0. The van der Waals surface area contributed by atoms with Gasteiger partial charge in [-0.25, -0.2) is 0 Å². The molecule has 112 valence electrons. The van der Waals surface area contributed by atoms with E-state index in [2.05, 4.69) is 10.3 Å². The molecule has 3 rings (SSSR count). The van der Waals surface area contributed by atoms with E-state index in [1.807, 2.05) is 23.2 Å². The first-order valence-corrected chi connectivity index (χ1v) is 7.69. The van der Waals surface area contributed by atoms with Crippen LogP contribution in [-0.2, 0) is 16.0 Å². The third kappa shape index (κ3) is 2.91. The van der Waals surface area contributed by atoms with Crippen LogP contribution in [0.4, 0.5) is 0 Å². The molecule has 5 nitrogen and oxygen atoms in total. The summed E-state index contributed by atoms with van der Waals surface area (Å²) in [6.45, 7) is 1.17. The molecule has 5 heteroatoms. The molecule has 1 aromatic heterocycles. The molecule has 1 aliphatic heterocycles. The number of nitrogens with one attached hydrogen (secondary N) is 1. The number of hydrogen-bond acceptors (Lipinski definition) is 3. The normalized spacial score (nSPS) is 21.4. The van der Waals surface area contributed by atoms with Crippen LogP contribution in [0.25, 0.3) is 0 Å². The van der Waals surface area contributed by atoms with E-state index in [0.29, 0.717) is 19.5 Å². The molecule has 2 heterocycles. The van der Waals surface area contributed by atoms with Crippen LogP contribution >= 0.6 is 0 Å². The maximum absolute atomic E-state index is 12.8. The van der Waals surface area contributed by atoms with E-state index in [1.54, 1.807) is 6.20 Å². The molecule has 1 saturated heterocycles. The highest BCUT2D eigenvalue weighted by Crippen LogP contribution is 2.33. The summed E-state index contributed by atoms with van der Waals surface area (Å²) in [6, 6.07) is 3.92. The zero-order valence-corrected chi connectivity index (χ0v) is 12.2. The quantitative estimate of drug-likeness (QED) is 0.911. The van der Waals surface area contributed by atoms with Gasteiger partial charge < -0.3 is 10.2 Å². The van der Waals surface area contributed by atoms with Gasteiger partial charge >= 0.3 is 0 Å². The second-order valence-corrected chi connectivity index (χ2v) is 5.99. The largest absolute Gasteiger partial charge is 0.342 e. The Morgan fingerprint density at radius 2 is 2.10 bits per heavy atom. The first-order valence-electron chi connectivity index (χ1n) is 7.69. The lowest BCUT2D eigenvalue weighted by atomic mass is 9.95. The molecule has 2 amide bonds. The number of carbonyl (C=O) groups excluding carboxylic acids is 2. The van der Waals surface area contributed by atoms with Gasteiger partial charge in [-0.1, -0.05) is 18.9 Å². The third-order valence-electron chi connectivity index (χ3n) is 4.53. The van der Waals surface area contributed by atoms with E-state index < -0.39 is 5.54 Å². The standard InChI is InChI=1S/C16H21N3O2/c20-14-6-11-19(10-5-13-4-3-9-17-12-13)15(21)16(18-14)7-1-2-8-16/h3-4,9,12H,1-2,5-8,10-11H2,(H,18,20). The molecule has 0 atom stereocenters. The Hall–Kier alpha value is -1.91. The summed E-state index contributed by atoms with van der Waals surface area (Å²) in [5, 5.41) is 2.99. The molecule has 2 fully saturated rings. The van der Waals surface area contributed by atoms with Gasteiger partial charge in [0.05, 0.1) is 0 Å². The summed E-state index contributed by atoms with van der Waals surface area (Å²) in [5.74, 6) is 0.115. The molecule has 0 unspecified atom stereocenters. The van der Waals surface area contributed by atoms with Gasteiger partial charge in [0.1, 0.15) is 5.54 Å². The van der Waals surface area contributed by atoms with Crippen molar-refractivity contribution in [3.63, 3.8) is 0 Å². The van der Waals surface area contributed by atoms with Crippen LogP contribution < -0.4 is 5.32 Å². The summed E-state index contributed by atoms with van der Waals surface area (Å²) in [6.07, 6.45) is 8.35. The lowest BCUT2D eigenvalue weighted by Crippen LogP contribution is -2.55. The molecule has 0 bridgehead atoms. The Balaban J connectivity index is 1.71. The minimum absolute atomic E-state index is 0.00845. The molecule has 1 aromatic rings. The van der Waals surface area contributed by atoms with Gasteiger partial charge in [0.15, 0.2) is 0 Å². The van der Waals surface area contributed by atoms with Gasteiger partial charge in [0.25, 0.3) is 0 Å². The highest BCUT2D eigenvalue weighted by molar-refractivity contribution is 5.93. The van der Waals surface area contributed by atoms with E-state index in [0.717, 1.165) is 37.7 Å². The molecular weight excluding hydrogens is 266 g/mol. The van der Waals surface area contributed by atoms with Crippen molar-refractivity contribution in [2.45, 2.75) is 44.1 Å². The average molecular weight is 287 g/mol. The molecular formula is C16H21N3O2. The molecule has 1 saturated carbocycles. The Morgan fingerprint density at radius 1 is 1.29 bits per heavy atom. The molecule has 2 aliphatic rings. The van der Waals surface area contributed by atoms with E-state index in [-0.39, 0.29) is 11.8 Å². The van der Waals surface area contributed by atoms with Crippen LogP contribution in [0.1, 0.15) is 37.7 Å². The van der Waals surface area contributed by atoms with Gasteiger partial charge in [-0.2, -0.15) is 0 Å². The van der Waals surface area contributed by atoms with Crippen molar-refractivity contribution >= 4 is 11.8 Å². The smallest absolute Gasteiger partial charge is 0.248 e. The third-order valence-corrected chi connectivity index (χ3v) is 4.53. The van der Waals surface area contributed by atoms with E-state index in [1.165, 1.54) is 0 Å². The first-order chi connectivity index (χ1) is 10.2. The van der Waals surface area contributed by atoms with Gasteiger partial charge in [-0.05, 0) is 30.9 Å². The SMILES string of the molecule is O=C1CCN(CCc2cccnc2)C(=O)C2(CCCC2)N1. The van der Waals surface area contributed by atoms with Gasteiger partial charge in [0.2, 0.25) is 11.8 Å². The van der Waals surface area contributed by atoms with Crippen LogP contribution in [0.2, 0.25) is 0 Å². The van der Waals surface area contributed by atoms with Crippen LogP contribution in [-0.4, -0.2) is 40.3 Å². The van der Waals surface area contributed by atoms with E-state index in [9.17, 15) is 9.59 Å². The lowest BCUT2D eigenvalue weighted by molar-refractivity contribution is -0.138. The number of pyridine rings is 1. The maximum atomic E-state index is 12.8.